The second-order valence-electron chi connectivity index (χ2n) is 4.18. The number of hydrogen-bond acceptors (Lipinski definition) is 6. The van der Waals surface area contributed by atoms with Gasteiger partial charge in [0.05, 0.1) is 0 Å². The number of hydrogen-bond donors (Lipinski definition) is 4. The number of ether oxygens (including phenoxy) is 1. The summed E-state index contributed by atoms with van der Waals surface area (Å²) < 4.78 is 4.83. The number of ketones is 1. The van der Waals surface area contributed by atoms with Crippen LogP contribution < -0.4 is 0 Å². The average molecular weight is 345 g/mol. The molecule has 0 aliphatic carbocycles. The minimum atomic E-state index is -0.167. The zero-order valence-corrected chi connectivity index (χ0v) is 16.9. The molecule has 4 N–H and O–H groups in total. The fourth-order valence-corrected chi connectivity index (χ4v) is 0.362. The van der Waals surface area contributed by atoms with Crippen LogP contribution in [0.3, 0.4) is 0 Å². The third-order valence-electron chi connectivity index (χ3n) is 0.920. The van der Waals surface area contributed by atoms with Crippen LogP contribution in [-0.2, 0) is 9.53 Å². The van der Waals surface area contributed by atoms with Crippen LogP contribution in [0.4, 0.5) is 0 Å². The first-order chi connectivity index (χ1) is 10.7. The van der Waals surface area contributed by atoms with Crippen molar-refractivity contribution in [3.8, 4) is 0 Å². The molecule has 0 radical (unpaired) electrons. The van der Waals surface area contributed by atoms with Gasteiger partial charge in [-0.3, -0.25) is 0 Å². The molecule has 0 amide bonds. The standard InChI is InChI=1S/2C4H10O.C3H8O.C3H6O.C2H6O.CH4O/c1-3-5-4-2;1-2-3-4-5;2*1-3(2)4;1-2-3;1-2/h3-4H2,1-2H3;5H,2-4H2,1H3;3-4H,1-2H3;1-2H3;3H,2H2,1H3;2H,1H3. The highest BCUT2D eigenvalue weighted by molar-refractivity contribution is 5.72. The van der Waals surface area contributed by atoms with Crippen molar-refractivity contribution in [2.24, 2.45) is 0 Å². The van der Waals surface area contributed by atoms with Crippen LogP contribution in [0.15, 0.2) is 0 Å². The molecule has 0 aliphatic heterocycles. The Labute approximate surface area is 144 Å². The Morgan fingerprint density at radius 1 is 0.957 bits per heavy atom. The van der Waals surface area contributed by atoms with E-state index in [2.05, 4.69) is 6.92 Å². The van der Waals surface area contributed by atoms with E-state index in [4.69, 9.17) is 25.2 Å². The van der Waals surface area contributed by atoms with Crippen molar-refractivity contribution in [3.63, 3.8) is 0 Å². The van der Waals surface area contributed by atoms with Crippen LogP contribution >= 0.6 is 0 Å². The molecular weight excluding hydrogens is 300 g/mol. The van der Waals surface area contributed by atoms with Crippen LogP contribution in [0.5, 0.6) is 0 Å². The highest BCUT2D eigenvalue weighted by atomic mass is 16.5. The number of Topliss-reactive ketones (excluding diaryl/α,β-unsaturated/α-hetero) is 1. The van der Waals surface area contributed by atoms with Crippen LogP contribution in [0.2, 0.25) is 0 Å². The van der Waals surface area contributed by atoms with Gasteiger partial charge in [-0.1, -0.05) is 13.3 Å². The normalized spacial score (nSPS) is 7.39. The van der Waals surface area contributed by atoms with Gasteiger partial charge in [-0.05, 0) is 54.9 Å². The Balaban J connectivity index is -0.0000000386. The molecule has 6 nitrogen and oxygen atoms in total. The Hall–Kier alpha value is -0.530. The molecular formula is C17H44O6. The minimum absolute atomic E-state index is 0.167. The van der Waals surface area contributed by atoms with Crippen molar-refractivity contribution in [3.05, 3.63) is 0 Å². The van der Waals surface area contributed by atoms with Gasteiger partial charge in [0.1, 0.15) is 5.78 Å². The summed E-state index contributed by atoms with van der Waals surface area (Å²) in [5.41, 5.74) is 0. The molecule has 0 saturated carbocycles. The van der Waals surface area contributed by atoms with Gasteiger partial charge < -0.3 is 30.0 Å². The van der Waals surface area contributed by atoms with E-state index >= 15 is 0 Å². The Morgan fingerprint density at radius 2 is 1.17 bits per heavy atom. The lowest BCUT2D eigenvalue weighted by molar-refractivity contribution is -0.115. The Morgan fingerprint density at radius 3 is 1.17 bits per heavy atom. The first-order valence-electron chi connectivity index (χ1n) is 8.10. The van der Waals surface area contributed by atoms with Gasteiger partial charge in [0.2, 0.25) is 0 Å². The Bertz CT molecular complexity index is 124. The van der Waals surface area contributed by atoms with Crippen molar-refractivity contribution in [2.75, 3.05) is 33.5 Å². The van der Waals surface area contributed by atoms with E-state index in [0.29, 0.717) is 6.61 Å². The summed E-state index contributed by atoms with van der Waals surface area (Å²) in [6, 6.07) is 0. The molecule has 0 atom stereocenters. The third kappa shape index (κ3) is 676. The number of carbonyl (C=O) groups is 1. The number of unbranched alkanes of at least 4 members (excludes halogenated alkanes) is 1. The van der Waals surface area contributed by atoms with Gasteiger partial charge in [0, 0.05) is 39.6 Å². The fraction of sp³-hybridized carbons (Fsp3) is 0.941. The molecule has 6 heteroatoms. The van der Waals surface area contributed by atoms with Crippen molar-refractivity contribution in [2.45, 2.75) is 74.3 Å². The Kier molecular flexibility index (Phi) is 96.0. The molecule has 0 aromatic carbocycles. The van der Waals surface area contributed by atoms with Crippen molar-refractivity contribution >= 4 is 5.78 Å². The highest BCUT2D eigenvalue weighted by Gasteiger charge is 1.69. The quantitative estimate of drug-likeness (QED) is 0.624. The van der Waals surface area contributed by atoms with E-state index in [-0.39, 0.29) is 18.5 Å². The van der Waals surface area contributed by atoms with Crippen LogP contribution in [-0.4, -0.2) is 65.9 Å². The lowest BCUT2D eigenvalue weighted by Crippen LogP contribution is -1.85. The molecule has 0 aromatic heterocycles. The molecule has 0 heterocycles. The van der Waals surface area contributed by atoms with Crippen LogP contribution in [0.25, 0.3) is 0 Å². The smallest absolute Gasteiger partial charge is 0.126 e. The molecule has 0 bridgehead atoms. The topological polar surface area (TPSA) is 107 Å². The van der Waals surface area contributed by atoms with Gasteiger partial charge in [-0.25, -0.2) is 0 Å². The molecule has 0 spiro atoms. The van der Waals surface area contributed by atoms with Crippen LogP contribution in [0.1, 0.15) is 68.2 Å². The molecule has 0 unspecified atom stereocenters. The van der Waals surface area contributed by atoms with E-state index < -0.39 is 0 Å². The molecule has 0 aliphatic rings. The van der Waals surface area contributed by atoms with E-state index in [1.54, 1.807) is 20.8 Å². The van der Waals surface area contributed by atoms with E-state index in [0.717, 1.165) is 33.2 Å². The molecule has 23 heavy (non-hydrogen) atoms. The van der Waals surface area contributed by atoms with Gasteiger partial charge in [0.15, 0.2) is 0 Å². The second-order valence-corrected chi connectivity index (χ2v) is 4.18. The van der Waals surface area contributed by atoms with E-state index in [1.807, 2.05) is 13.8 Å². The predicted octanol–water partition coefficient (Wildman–Crippen LogP) is 2.41. The van der Waals surface area contributed by atoms with Gasteiger partial charge >= 0.3 is 0 Å². The SMILES string of the molecule is CC(C)=O.CC(C)O.CCCCO.CCO.CCOCC.CO. The number of aliphatic hydroxyl groups excluding tert-OH is 4. The van der Waals surface area contributed by atoms with Crippen molar-refractivity contribution < 1.29 is 30.0 Å². The molecule has 148 valence electrons. The fourth-order valence-electron chi connectivity index (χ4n) is 0.362. The maximum Gasteiger partial charge on any atom is 0.126 e. The predicted molar refractivity (Wildman–Crippen MR) is 98.8 cm³/mol. The molecule has 0 saturated heterocycles. The average Bonchev–Trinajstić information content (AvgIpc) is 2.43. The zero-order chi connectivity index (χ0) is 20.1. The summed E-state index contributed by atoms with van der Waals surface area (Å²) in [7, 11) is 1.00. The van der Waals surface area contributed by atoms with Crippen molar-refractivity contribution in [1.82, 2.24) is 0 Å². The maximum absolute atomic E-state index is 9.44. The van der Waals surface area contributed by atoms with E-state index in [9.17, 15) is 4.79 Å². The monoisotopic (exact) mass is 344 g/mol. The lowest BCUT2D eigenvalue weighted by Gasteiger charge is -1.86. The third-order valence-corrected chi connectivity index (χ3v) is 0.920. The summed E-state index contributed by atoms with van der Waals surface area (Å²) in [6.07, 6.45) is 1.87. The summed E-state index contributed by atoms with van der Waals surface area (Å²) in [4.78, 5) is 9.44. The van der Waals surface area contributed by atoms with Crippen LogP contribution in [0, 0.1) is 0 Å². The number of rotatable bonds is 4. The number of aliphatic hydroxyl groups is 4. The maximum atomic E-state index is 9.44. The second kappa shape index (κ2) is 57.9. The van der Waals surface area contributed by atoms with Gasteiger partial charge in [-0.15, -0.1) is 0 Å². The molecule has 0 rings (SSSR count). The molecule has 0 fully saturated rings. The van der Waals surface area contributed by atoms with E-state index in [1.165, 1.54) is 13.8 Å². The summed E-state index contributed by atoms with van der Waals surface area (Å²) in [5.74, 6) is 0.167. The highest BCUT2D eigenvalue weighted by Crippen LogP contribution is 1.78. The first-order valence-corrected chi connectivity index (χ1v) is 8.10. The lowest BCUT2D eigenvalue weighted by atomic mass is 10.4. The van der Waals surface area contributed by atoms with Gasteiger partial charge in [-0.2, -0.15) is 0 Å². The summed E-state index contributed by atoms with van der Waals surface area (Å²) >= 11 is 0. The minimum Gasteiger partial charge on any atom is -0.400 e. The van der Waals surface area contributed by atoms with Crippen molar-refractivity contribution in [1.29, 1.82) is 0 Å². The zero-order valence-electron chi connectivity index (χ0n) is 16.9. The number of carbonyl (C=O) groups excluding carboxylic acids is 1. The summed E-state index contributed by atoms with van der Waals surface area (Å²) in [6.45, 7) is 16.5. The van der Waals surface area contributed by atoms with Gasteiger partial charge in [0.25, 0.3) is 0 Å². The molecule has 0 aromatic rings. The largest absolute Gasteiger partial charge is 0.400 e. The summed E-state index contributed by atoms with van der Waals surface area (Å²) in [5, 5.41) is 30.7. The first kappa shape index (κ1) is 38.2.